The molecule has 0 unspecified atom stereocenters. The number of pyridine rings is 1. The second kappa shape index (κ2) is 4.17. The minimum atomic E-state index is -0.871. The maximum absolute atomic E-state index is 13.4. The first-order valence-corrected chi connectivity index (χ1v) is 4.74. The molecule has 1 heterocycles. The molecule has 0 spiro atoms. The molecule has 0 atom stereocenters. The van der Waals surface area contributed by atoms with Gasteiger partial charge in [0.15, 0.2) is 0 Å². The van der Waals surface area contributed by atoms with Gasteiger partial charge in [0.25, 0.3) is 0 Å². The summed E-state index contributed by atoms with van der Waals surface area (Å²) in [5.41, 5.74) is 6.04. The van der Waals surface area contributed by atoms with E-state index >= 15 is 0 Å². The molecule has 0 bridgehead atoms. The summed E-state index contributed by atoms with van der Waals surface area (Å²) in [6, 6.07) is 6.94. The quantitative estimate of drug-likeness (QED) is 0.637. The van der Waals surface area contributed by atoms with Crippen molar-refractivity contribution in [2.75, 3.05) is 5.73 Å². The first-order chi connectivity index (χ1) is 8.08. The van der Waals surface area contributed by atoms with Crippen LogP contribution < -0.4 is 5.73 Å². The van der Waals surface area contributed by atoms with Gasteiger partial charge in [-0.2, -0.15) is 4.39 Å². The fourth-order valence-electron chi connectivity index (χ4n) is 1.41. The molecule has 6 heteroatoms. The first kappa shape index (κ1) is 11.0. The Hall–Kier alpha value is -2.50. The summed E-state index contributed by atoms with van der Waals surface area (Å²) in [7, 11) is 0. The van der Waals surface area contributed by atoms with Crippen LogP contribution in [0.15, 0.2) is 36.5 Å². The van der Waals surface area contributed by atoms with Crippen molar-refractivity contribution in [3.05, 3.63) is 52.5 Å². The molecule has 0 saturated carbocycles. The van der Waals surface area contributed by atoms with E-state index in [-0.39, 0.29) is 0 Å². The molecule has 0 radical (unpaired) electrons. The summed E-state index contributed by atoms with van der Waals surface area (Å²) < 4.78 is 13.4. The third-order valence-electron chi connectivity index (χ3n) is 2.26. The van der Waals surface area contributed by atoms with Crippen LogP contribution in [0, 0.1) is 15.9 Å². The van der Waals surface area contributed by atoms with Gasteiger partial charge in [0.05, 0.1) is 4.92 Å². The number of nitrogens with zero attached hydrogens (tertiary/aromatic N) is 2. The van der Waals surface area contributed by atoms with Crippen LogP contribution >= 0.6 is 0 Å². The monoisotopic (exact) mass is 233 g/mol. The van der Waals surface area contributed by atoms with Crippen LogP contribution in [0.2, 0.25) is 0 Å². The number of nitro benzene ring substituents is 1. The van der Waals surface area contributed by atoms with Gasteiger partial charge in [0.2, 0.25) is 5.82 Å². The van der Waals surface area contributed by atoms with E-state index in [0.29, 0.717) is 16.9 Å². The summed E-state index contributed by atoms with van der Waals surface area (Å²) in [4.78, 5) is 13.6. The summed E-state index contributed by atoms with van der Waals surface area (Å²) in [6.07, 6.45) is 1.48. The third kappa shape index (κ3) is 2.20. The topological polar surface area (TPSA) is 82.0 Å². The molecule has 0 aliphatic heterocycles. The van der Waals surface area contributed by atoms with Crippen LogP contribution in [0.3, 0.4) is 0 Å². The summed E-state index contributed by atoms with van der Waals surface area (Å²) >= 11 is 0. The van der Waals surface area contributed by atoms with Crippen molar-refractivity contribution in [2.24, 2.45) is 0 Å². The van der Waals surface area contributed by atoms with Gasteiger partial charge in [-0.3, -0.25) is 10.1 Å². The first-order valence-electron chi connectivity index (χ1n) is 4.74. The van der Waals surface area contributed by atoms with Gasteiger partial charge in [-0.25, -0.2) is 4.98 Å². The van der Waals surface area contributed by atoms with E-state index < -0.39 is 16.4 Å². The summed E-state index contributed by atoms with van der Waals surface area (Å²) in [6.45, 7) is 0. The van der Waals surface area contributed by atoms with E-state index in [9.17, 15) is 14.5 Å². The number of benzene rings is 1. The van der Waals surface area contributed by atoms with Crippen LogP contribution in [0.4, 0.5) is 15.9 Å². The number of hydrogen-bond donors (Lipinski definition) is 1. The third-order valence-corrected chi connectivity index (χ3v) is 2.26. The van der Waals surface area contributed by atoms with E-state index in [1.165, 1.54) is 12.3 Å². The number of anilines is 1. The average Bonchev–Trinajstić information content (AvgIpc) is 2.29. The lowest BCUT2D eigenvalue weighted by Gasteiger charge is -2.02. The Labute approximate surface area is 95.9 Å². The molecule has 1 aromatic heterocycles. The number of hydrogen-bond acceptors (Lipinski definition) is 4. The molecule has 0 fully saturated rings. The highest BCUT2D eigenvalue weighted by molar-refractivity contribution is 5.65. The van der Waals surface area contributed by atoms with E-state index in [4.69, 9.17) is 5.73 Å². The van der Waals surface area contributed by atoms with Crippen molar-refractivity contribution in [1.82, 2.24) is 4.98 Å². The van der Waals surface area contributed by atoms with Crippen LogP contribution in [0.5, 0.6) is 0 Å². The molecule has 17 heavy (non-hydrogen) atoms. The highest BCUT2D eigenvalue weighted by atomic mass is 19.1. The van der Waals surface area contributed by atoms with Crippen LogP contribution in [0.25, 0.3) is 11.1 Å². The van der Waals surface area contributed by atoms with Crippen molar-refractivity contribution in [2.45, 2.75) is 0 Å². The number of nitrogen functional groups attached to an aromatic ring is 1. The summed E-state index contributed by atoms with van der Waals surface area (Å²) in [5, 5.41) is 10.5. The molecule has 0 aliphatic rings. The Kier molecular flexibility index (Phi) is 2.70. The Morgan fingerprint density at radius 1 is 1.24 bits per heavy atom. The Morgan fingerprint density at radius 3 is 2.47 bits per heavy atom. The molecular formula is C11H8FN3O2. The fourth-order valence-corrected chi connectivity index (χ4v) is 1.41. The fraction of sp³-hybridized carbons (Fsp3) is 0. The highest BCUT2D eigenvalue weighted by Gasteiger charge is 2.14. The lowest BCUT2D eigenvalue weighted by molar-refractivity contribution is -0.387. The predicted molar refractivity (Wildman–Crippen MR) is 60.7 cm³/mol. The lowest BCUT2D eigenvalue weighted by Crippen LogP contribution is -1.93. The molecular weight excluding hydrogens is 225 g/mol. The largest absolute Gasteiger partial charge is 0.384 e. The van der Waals surface area contributed by atoms with Crippen LogP contribution in [-0.4, -0.2) is 9.91 Å². The second-order valence-corrected chi connectivity index (χ2v) is 3.40. The van der Waals surface area contributed by atoms with E-state index in [0.717, 1.165) is 12.1 Å². The van der Waals surface area contributed by atoms with E-state index in [1.807, 2.05) is 0 Å². The van der Waals surface area contributed by atoms with Crippen molar-refractivity contribution < 1.29 is 9.31 Å². The normalized spacial score (nSPS) is 10.2. The Bertz CT molecular complexity index is 569. The zero-order valence-corrected chi connectivity index (χ0v) is 8.63. The smallest absolute Gasteiger partial charge is 0.304 e. The molecule has 5 nitrogen and oxygen atoms in total. The molecule has 0 saturated heterocycles. The number of rotatable bonds is 2. The van der Waals surface area contributed by atoms with E-state index in [2.05, 4.69) is 4.98 Å². The van der Waals surface area contributed by atoms with Crippen LogP contribution in [-0.2, 0) is 0 Å². The highest BCUT2D eigenvalue weighted by Crippen LogP contribution is 2.25. The number of nitrogens with two attached hydrogens (primary N) is 1. The maximum Gasteiger partial charge on any atom is 0.304 e. The Morgan fingerprint density at radius 2 is 1.94 bits per heavy atom. The zero-order chi connectivity index (χ0) is 12.4. The van der Waals surface area contributed by atoms with Gasteiger partial charge in [-0.1, -0.05) is 0 Å². The molecule has 2 N–H and O–H groups in total. The van der Waals surface area contributed by atoms with Gasteiger partial charge in [-0.15, -0.1) is 0 Å². The van der Waals surface area contributed by atoms with Crippen molar-refractivity contribution in [3.63, 3.8) is 0 Å². The summed E-state index contributed by atoms with van der Waals surface area (Å²) in [5.74, 6) is -0.513. The molecule has 1 aromatic carbocycles. The van der Waals surface area contributed by atoms with Gasteiger partial charge >= 0.3 is 5.69 Å². The van der Waals surface area contributed by atoms with Gasteiger partial charge in [0.1, 0.15) is 5.82 Å². The van der Waals surface area contributed by atoms with Gasteiger partial charge in [-0.05, 0) is 29.8 Å². The lowest BCUT2D eigenvalue weighted by atomic mass is 10.1. The van der Waals surface area contributed by atoms with Crippen LogP contribution in [0.1, 0.15) is 0 Å². The number of aromatic nitrogens is 1. The molecule has 2 rings (SSSR count). The standard InChI is InChI=1S/C11H8FN3O2/c12-9-5-7(1-3-10(9)15(16)17)8-2-4-11(13)14-6-8/h1-6H,(H2,13,14). The van der Waals surface area contributed by atoms with Crippen molar-refractivity contribution in [1.29, 1.82) is 0 Å². The number of halogens is 1. The Balaban J connectivity index is 2.44. The second-order valence-electron chi connectivity index (χ2n) is 3.40. The van der Waals surface area contributed by atoms with E-state index in [1.54, 1.807) is 12.1 Å². The molecule has 86 valence electrons. The molecule has 0 amide bonds. The van der Waals surface area contributed by atoms with Gasteiger partial charge in [0, 0.05) is 17.8 Å². The molecule has 0 aliphatic carbocycles. The SMILES string of the molecule is Nc1ccc(-c2ccc([N+](=O)[O-])c(F)c2)cn1. The minimum Gasteiger partial charge on any atom is -0.384 e. The maximum atomic E-state index is 13.4. The minimum absolute atomic E-state index is 0.358. The number of nitro groups is 1. The molecule has 2 aromatic rings. The predicted octanol–water partition coefficient (Wildman–Crippen LogP) is 2.38. The van der Waals surface area contributed by atoms with Crippen molar-refractivity contribution in [3.8, 4) is 11.1 Å². The van der Waals surface area contributed by atoms with Crippen molar-refractivity contribution >= 4 is 11.5 Å². The zero-order valence-electron chi connectivity index (χ0n) is 8.63. The average molecular weight is 233 g/mol. The van der Waals surface area contributed by atoms with Gasteiger partial charge < -0.3 is 5.73 Å².